The zero-order valence-electron chi connectivity index (χ0n) is 16.4. The van der Waals surface area contributed by atoms with Crippen LogP contribution in [0, 0.1) is 5.92 Å². The molecule has 1 heterocycles. The van der Waals surface area contributed by atoms with Crippen LogP contribution in [0.1, 0.15) is 48.5 Å². The van der Waals surface area contributed by atoms with Gasteiger partial charge in [0.15, 0.2) is 15.8 Å². The Morgan fingerprint density at radius 2 is 1.92 bits per heavy atom. The van der Waals surface area contributed by atoms with Crippen LogP contribution in [0.5, 0.6) is 0 Å². The Morgan fingerprint density at radius 1 is 1.29 bits per heavy atom. The van der Waals surface area contributed by atoms with Crippen LogP contribution in [0.2, 0.25) is 0 Å². The quantitative estimate of drug-likeness (QED) is 0.554. The van der Waals surface area contributed by atoms with Gasteiger partial charge in [-0.3, -0.25) is 9.89 Å². The van der Waals surface area contributed by atoms with Gasteiger partial charge in [-0.05, 0) is 47.5 Å². The zero-order valence-corrected chi connectivity index (χ0v) is 17.2. The minimum atomic E-state index is -3.14. The summed E-state index contributed by atoms with van der Waals surface area (Å²) in [6.07, 6.45) is 0. The largest absolute Gasteiger partial charge is 0.357 e. The highest BCUT2D eigenvalue weighted by Gasteiger charge is 2.31. The molecule has 0 spiro atoms. The van der Waals surface area contributed by atoms with Gasteiger partial charge in [-0.15, -0.1) is 0 Å². The fourth-order valence-corrected chi connectivity index (χ4v) is 3.64. The topological polar surface area (TPSA) is 73.8 Å². The van der Waals surface area contributed by atoms with Gasteiger partial charge in [0.1, 0.15) is 0 Å². The molecule has 0 amide bonds. The first-order valence-electron chi connectivity index (χ1n) is 8.99. The molecule has 0 radical (unpaired) electrons. The molecule has 0 aliphatic carbocycles. The van der Waals surface area contributed by atoms with E-state index in [4.69, 9.17) is 0 Å². The molecule has 1 saturated heterocycles. The van der Waals surface area contributed by atoms with Crippen molar-refractivity contribution in [3.05, 3.63) is 0 Å². The Bertz CT molecular complexity index is 523. The van der Waals surface area contributed by atoms with Crippen molar-refractivity contribution >= 4 is 15.8 Å². The van der Waals surface area contributed by atoms with Crippen molar-refractivity contribution in [2.24, 2.45) is 10.9 Å². The highest BCUT2D eigenvalue weighted by molar-refractivity contribution is 7.92. The first-order valence-corrected chi connectivity index (χ1v) is 10.6. The number of likely N-dealkylation sites (tertiary alicyclic amines) is 1. The van der Waals surface area contributed by atoms with E-state index in [1.165, 1.54) is 0 Å². The molecule has 1 rings (SSSR count). The number of rotatable bonds is 6. The lowest BCUT2D eigenvalue weighted by Gasteiger charge is -2.22. The van der Waals surface area contributed by atoms with Crippen molar-refractivity contribution < 1.29 is 8.42 Å². The van der Waals surface area contributed by atoms with Crippen molar-refractivity contribution in [1.82, 2.24) is 15.5 Å². The average molecular weight is 361 g/mol. The van der Waals surface area contributed by atoms with Crippen LogP contribution in [0.3, 0.4) is 0 Å². The molecule has 0 bridgehead atoms. The third kappa shape index (κ3) is 5.92. The van der Waals surface area contributed by atoms with Crippen LogP contribution in [-0.4, -0.2) is 68.0 Å². The van der Waals surface area contributed by atoms with Gasteiger partial charge in [-0.1, -0.05) is 6.92 Å². The summed E-state index contributed by atoms with van der Waals surface area (Å²) in [5.41, 5.74) is 0. The molecule has 2 atom stereocenters. The monoisotopic (exact) mass is 360 g/mol. The van der Waals surface area contributed by atoms with Crippen LogP contribution in [0.15, 0.2) is 4.99 Å². The van der Waals surface area contributed by atoms with Gasteiger partial charge in [0, 0.05) is 31.7 Å². The number of sulfone groups is 1. The second-order valence-electron chi connectivity index (χ2n) is 7.97. The van der Waals surface area contributed by atoms with Gasteiger partial charge in [-0.2, -0.15) is 0 Å². The number of aliphatic imine (C=N–C) groups is 1. The summed E-state index contributed by atoms with van der Waals surface area (Å²) in [6, 6.07) is 0.875. The molecule has 0 aromatic carbocycles. The molecule has 1 aliphatic rings. The Kier molecular flexibility index (Phi) is 7.53. The molecular weight excluding hydrogens is 324 g/mol. The molecule has 0 aromatic rings. The van der Waals surface area contributed by atoms with E-state index >= 15 is 0 Å². The van der Waals surface area contributed by atoms with Gasteiger partial charge in [0.05, 0.1) is 17.0 Å². The van der Waals surface area contributed by atoms with Crippen molar-refractivity contribution in [3.63, 3.8) is 0 Å². The smallest absolute Gasteiger partial charge is 0.191 e. The van der Waals surface area contributed by atoms with E-state index in [-0.39, 0.29) is 12.3 Å². The predicted molar refractivity (Wildman–Crippen MR) is 102 cm³/mol. The SMILES string of the molecule is CCNC(=NCCS(=O)(=O)C(C)(C)C)NC1CN(C(C)C)CC1C. The maximum Gasteiger partial charge on any atom is 0.191 e. The second kappa shape index (κ2) is 8.52. The lowest BCUT2D eigenvalue weighted by Crippen LogP contribution is -2.47. The summed E-state index contributed by atoms with van der Waals surface area (Å²) in [7, 11) is -3.14. The van der Waals surface area contributed by atoms with Crippen LogP contribution in [-0.2, 0) is 9.84 Å². The Morgan fingerprint density at radius 3 is 2.38 bits per heavy atom. The second-order valence-corrected chi connectivity index (χ2v) is 10.8. The fraction of sp³-hybridized carbons (Fsp3) is 0.941. The molecule has 1 aliphatic heterocycles. The summed E-state index contributed by atoms with van der Waals surface area (Å²) in [6.45, 7) is 17.0. The number of hydrogen-bond donors (Lipinski definition) is 2. The molecule has 6 nitrogen and oxygen atoms in total. The van der Waals surface area contributed by atoms with E-state index in [9.17, 15) is 8.42 Å². The van der Waals surface area contributed by atoms with Gasteiger partial charge in [0.2, 0.25) is 0 Å². The summed E-state index contributed by atoms with van der Waals surface area (Å²) in [4.78, 5) is 6.93. The van der Waals surface area contributed by atoms with Gasteiger partial charge in [-0.25, -0.2) is 8.42 Å². The molecule has 2 N–H and O–H groups in total. The first kappa shape index (κ1) is 21.2. The third-order valence-electron chi connectivity index (χ3n) is 4.60. The van der Waals surface area contributed by atoms with Crippen molar-refractivity contribution in [3.8, 4) is 0 Å². The molecule has 24 heavy (non-hydrogen) atoms. The molecule has 142 valence electrons. The highest BCUT2D eigenvalue weighted by Crippen LogP contribution is 2.18. The molecule has 1 fully saturated rings. The Hall–Kier alpha value is -0.820. The predicted octanol–water partition coefficient (Wildman–Crippen LogP) is 1.48. The van der Waals surface area contributed by atoms with Crippen molar-refractivity contribution in [2.75, 3.05) is 31.9 Å². The van der Waals surface area contributed by atoms with E-state index in [0.29, 0.717) is 24.0 Å². The molecular formula is C17H36N4O2S. The van der Waals surface area contributed by atoms with E-state index in [1.807, 2.05) is 6.92 Å². The molecule has 7 heteroatoms. The molecule has 0 saturated carbocycles. The lowest BCUT2D eigenvalue weighted by atomic mass is 10.1. The minimum absolute atomic E-state index is 0.0748. The first-order chi connectivity index (χ1) is 11.0. The van der Waals surface area contributed by atoms with E-state index in [0.717, 1.165) is 19.6 Å². The van der Waals surface area contributed by atoms with Gasteiger partial charge < -0.3 is 10.6 Å². The zero-order chi connectivity index (χ0) is 18.5. The van der Waals surface area contributed by atoms with E-state index < -0.39 is 14.6 Å². The van der Waals surface area contributed by atoms with Crippen LogP contribution < -0.4 is 10.6 Å². The average Bonchev–Trinajstić information content (AvgIpc) is 2.79. The van der Waals surface area contributed by atoms with E-state index in [1.54, 1.807) is 20.8 Å². The summed E-state index contributed by atoms with van der Waals surface area (Å²) >= 11 is 0. The van der Waals surface area contributed by atoms with E-state index in [2.05, 4.69) is 41.3 Å². The number of guanidine groups is 1. The number of hydrogen-bond acceptors (Lipinski definition) is 4. The standard InChI is InChI=1S/C17H36N4O2S/c1-8-18-16(19-9-10-24(22,23)17(5,6)7)20-15-12-21(13(2)3)11-14(15)4/h13-15H,8-12H2,1-7H3,(H2,18,19,20). The summed E-state index contributed by atoms with van der Waals surface area (Å²) in [5.74, 6) is 1.32. The lowest BCUT2D eigenvalue weighted by molar-refractivity contribution is 0.265. The number of nitrogens with zero attached hydrogens (tertiary/aromatic N) is 2. The number of nitrogens with one attached hydrogen (secondary N) is 2. The summed E-state index contributed by atoms with van der Waals surface area (Å²) < 4.78 is 23.6. The Balaban J connectivity index is 2.67. The molecule has 0 aromatic heterocycles. The maximum absolute atomic E-state index is 12.2. The Labute approximate surface area is 148 Å². The normalized spacial score (nSPS) is 23.8. The van der Waals surface area contributed by atoms with Crippen molar-refractivity contribution in [1.29, 1.82) is 0 Å². The molecule has 2 unspecified atom stereocenters. The fourth-order valence-electron chi connectivity index (χ4n) is 2.69. The van der Waals surface area contributed by atoms with Gasteiger partial charge >= 0.3 is 0 Å². The highest BCUT2D eigenvalue weighted by atomic mass is 32.2. The minimum Gasteiger partial charge on any atom is -0.357 e. The van der Waals surface area contributed by atoms with Crippen molar-refractivity contribution in [2.45, 2.75) is 65.3 Å². The van der Waals surface area contributed by atoms with Crippen LogP contribution in [0.4, 0.5) is 0 Å². The summed E-state index contributed by atoms with van der Waals surface area (Å²) in [5, 5.41) is 6.70. The third-order valence-corrected chi connectivity index (χ3v) is 7.19. The van der Waals surface area contributed by atoms with Crippen LogP contribution in [0.25, 0.3) is 0 Å². The van der Waals surface area contributed by atoms with Gasteiger partial charge in [0.25, 0.3) is 0 Å². The maximum atomic E-state index is 12.2. The van der Waals surface area contributed by atoms with Crippen LogP contribution >= 0.6 is 0 Å².